The van der Waals surface area contributed by atoms with E-state index in [0.717, 1.165) is 23.1 Å². The second kappa shape index (κ2) is 7.14. The van der Waals surface area contributed by atoms with E-state index in [1.165, 1.54) is 5.56 Å². The molecule has 2 rings (SSSR count). The average Bonchev–Trinajstić information content (AvgIpc) is 2.54. The first-order chi connectivity index (χ1) is 10.8. The number of hydrogen-bond acceptors (Lipinski definition) is 1. The zero-order valence-electron chi connectivity index (χ0n) is 14.7. The molecular weight excluding hydrogens is 280 g/mol. The number of aliphatic hydroxyl groups is 1. The molecule has 2 atom stereocenters. The Morgan fingerprint density at radius 2 is 1.57 bits per heavy atom. The van der Waals surface area contributed by atoms with Gasteiger partial charge >= 0.3 is 0 Å². The fourth-order valence-electron chi connectivity index (χ4n) is 2.94. The minimum atomic E-state index is -0.941. The van der Waals surface area contributed by atoms with Crippen LogP contribution in [0, 0.1) is 11.8 Å². The third kappa shape index (κ3) is 4.11. The molecule has 122 valence electrons. The second-order valence-electron chi connectivity index (χ2n) is 7.06. The van der Waals surface area contributed by atoms with Gasteiger partial charge in [0.25, 0.3) is 0 Å². The van der Waals surface area contributed by atoms with E-state index in [1.807, 2.05) is 56.3 Å². The maximum absolute atomic E-state index is 11.1. The lowest BCUT2D eigenvalue weighted by molar-refractivity contribution is 0.0243. The Kier molecular flexibility index (Phi) is 5.43. The second-order valence-corrected chi connectivity index (χ2v) is 7.06. The van der Waals surface area contributed by atoms with Crippen LogP contribution in [0.1, 0.15) is 44.4 Å². The molecule has 1 N–H and O–H groups in total. The normalized spacial score (nSPS) is 15.2. The van der Waals surface area contributed by atoms with Crippen LogP contribution in [0.4, 0.5) is 0 Å². The van der Waals surface area contributed by atoms with Crippen molar-refractivity contribution in [1.29, 1.82) is 0 Å². The molecule has 1 nitrogen and oxygen atoms in total. The summed E-state index contributed by atoms with van der Waals surface area (Å²) in [5.74, 6) is 0.569. The van der Waals surface area contributed by atoms with Crippen LogP contribution < -0.4 is 0 Å². The van der Waals surface area contributed by atoms with E-state index in [-0.39, 0.29) is 5.92 Å². The summed E-state index contributed by atoms with van der Waals surface area (Å²) in [4.78, 5) is 0. The molecule has 1 heteroatoms. The molecule has 0 aromatic heterocycles. The lowest BCUT2D eigenvalue weighted by atomic mass is 9.78. The fraction of sp³-hybridized carbons (Fsp3) is 0.364. The monoisotopic (exact) mass is 308 g/mol. The van der Waals surface area contributed by atoms with Gasteiger partial charge in [-0.3, -0.25) is 0 Å². The van der Waals surface area contributed by atoms with E-state index >= 15 is 0 Å². The summed E-state index contributed by atoms with van der Waals surface area (Å²) in [6.07, 6.45) is 1.06. The molecule has 0 saturated carbocycles. The highest BCUT2D eigenvalue weighted by Gasteiger charge is 2.32. The predicted molar refractivity (Wildman–Crippen MR) is 99.2 cm³/mol. The Labute approximate surface area is 140 Å². The van der Waals surface area contributed by atoms with Crippen LogP contribution in [-0.2, 0) is 12.0 Å². The minimum Gasteiger partial charge on any atom is -0.385 e. The third-order valence-electron chi connectivity index (χ3n) is 4.69. The van der Waals surface area contributed by atoms with Gasteiger partial charge in [0.2, 0.25) is 0 Å². The molecule has 0 aliphatic carbocycles. The molecule has 0 heterocycles. The predicted octanol–water partition coefficient (Wildman–Crippen LogP) is 5.44. The van der Waals surface area contributed by atoms with Crippen LogP contribution >= 0.6 is 0 Å². The van der Waals surface area contributed by atoms with Gasteiger partial charge in [0.05, 0.1) is 5.60 Å². The Bertz CT molecular complexity index is 635. The van der Waals surface area contributed by atoms with Gasteiger partial charge in [-0.1, -0.05) is 81.9 Å². The zero-order chi connectivity index (χ0) is 17.0. The van der Waals surface area contributed by atoms with Crippen LogP contribution in [-0.4, -0.2) is 5.11 Å². The van der Waals surface area contributed by atoms with Crippen molar-refractivity contribution in [3.05, 3.63) is 77.9 Å². The molecule has 0 amide bonds. The number of benzene rings is 2. The van der Waals surface area contributed by atoms with Crippen molar-refractivity contribution in [2.75, 3.05) is 0 Å². The summed E-state index contributed by atoms with van der Waals surface area (Å²) in [5, 5.41) is 11.1. The highest BCUT2D eigenvalue weighted by Crippen LogP contribution is 2.37. The molecule has 0 radical (unpaired) electrons. The van der Waals surface area contributed by atoms with Crippen molar-refractivity contribution in [2.24, 2.45) is 11.8 Å². The SMILES string of the molecule is C=C(c1ccccc1)[C@@H](C)[C@](C)(O)c1ccc(CC(C)C)cc1. The van der Waals surface area contributed by atoms with E-state index in [4.69, 9.17) is 0 Å². The molecule has 2 aromatic rings. The fourth-order valence-corrected chi connectivity index (χ4v) is 2.94. The lowest BCUT2D eigenvalue weighted by Crippen LogP contribution is -2.30. The Balaban J connectivity index is 2.21. The largest absolute Gasteiger partial charge is 0.385 e. The summed E-state index contributed by atoms with van der Waals surface area (Å²) >= 11 is 0. The maximum atomic E-state index is 11.1. The van der Waals surface area contributed by atoms with Crippen molar-refractivity contribution in [2.45, 2.75) is 39.7 Å². The Morgan fingerprint density at radius 1 is 1.00 bits per heavy atom. The first kappa shape index (κ1) is 17.5. The van der Waals surface area contributed by atoms with Gasteiger partial charge in [0.15, 0.2) is 0 Å². The van der Waals surface area contributed by atoms with Crippen LogP contribution in [0.2, 0.25) is 0 Å². The zero-order valence-corrected chi connectivity index (χ0v) is 14.7. The summed E-state index contributed by atoms with van der Waals surface area (Å²) in [6, 6.07) is 18.4. The highest BCUT2D eigenvalue weighted by molar-refractivity contribution is 5.66. The molecule has 0 aliphatic heterocycles. The summed E-state index contributed by atoms with van der Waals surface area (Å²) in [7, 11) is 0. The van der Waals surface area contributed by atoms with Gasteiger partial charge < -0.3 is 5.11 Å². The van der Waals surface area contributed by atoms with E-state index < -0.39 is 5.60 Å². The number of hydrogen-bond donors (Lipinski definition) is 1. The Hall–Kier alpha value is -1.86. The van der Waals surface area contributed by atoms with Crippen molar-refractivity contribution < 1.29 is 5.11 Å². The van der Waals surface area contributed by atoms with Gasteiger partial charge in [-0.05, 0) is 41.5 Å². The van der Waals surface area contributed by atoms with E-state index in [0.29, 0.717) is 5.92 Å². The van der Waals surface area contributed by atoms with Crippen LogP contribution in [0.15, 0.2) is 61.2 Å². The third-order valence-corrected chi connectivity index (χ3v) is 4.69. The van der Waals surface area contributed by atoms with Crippen LogP contribution in [0.3, 0.4) is 0 Å². The molecule has 0 saturated heterocycles. The van der Waals surface area contributed by atoms with Gasteiger partial charge in [0, 0.05) is 5.92 Å². The average molecular weight is 308 g/mol. The lowest BCUT2D eigenvalue weighted by Gasteiger charge is -2.32. The van der Waals surface area contributed by atoms with Crippen LogP contribution in [0.25, 0.3) is 5.57 Å². The summed E-state index contributed by atoms with van der Waals surface area (Å²) in [5.41, 5.74) is 3.35. The topological polar surface area (TPSA) is 20.2 Å². The number of rotatable bonds is 6. The molecule has 2 aromatic carbocycles. The quantitative estimate of drug-likeness (QED) is 0.753. The van der Waals surface area contributed by atoms with Crippen LogP contribution in [0.5, 0.6) is 0 Å². The van der Waals surface area contributed by atoms with Gasteiger partial charge in [0.1, 0.15) is 0 Å². The van der Waals surface area contributed by atoms with Crippen molar-refractivity contribution in [3.8, 4) is 0 Å². The first-order valence-electron chi connectivity index (χ1n) is 8.38. The Morgan fingerprint density at radius 3 is 2.09 bits per heavy atom. The molecule has 0 spiro atoms. The molecule has 0 bridgehead atoms. The van der Waals surface area contributed by atoms with Gasteiger partial charge in [-0.2, -0.15) is 0 Å². The van der Waals surface area contributed by atoms with Crippen molar-refractivity contribution in [1.82, 2.24) is 0 Å². The minimum absolute atomic E-state index is 0.0687. The first-order valence-corrected chi connectivity index (χ1v) is 8.38. The summed E-state index contributed by atoms with van der Waals surface area (Å²) < 4.78 is 0. The van der Waals surface area contributed by atoms with Crippen molar-refractivity contribution in [3.63, 3.8) is 0 Å². The van der Waals surface area contributed by atoms with Gasteiger partial charge in [-0.25, -0.2) is 0 Å². The van der Waals surface area contributed by atoms with E-state index in [2.05, 4.69) is 32.6 Å². The molecule has 0 fully saturated rings. The molecular formula is C22H28O. The smallest absolute Gasteiger partial charge is 0.0934 e. The molecule has 23 heavy (non-hydrogen) atoms. The molecule has 0 unspecified atom stereocenters. The highest BCUT2D eigenvalue weighted by atomic mass is 16.3. The van der Waals surface area contributed by atoms with E-state index in [1.54, 1.807) is 0 Å². The standard InChI is InChI=1S/C22H28O/c1-16(2)15-19-11-13-21(14-12-19)22(5,23)18(4)17(3)20-9-7-6-8-10-20/h6-14,16,18,23H,3,15H2,1-2,4-5H3/t18-,22+/m1/s1. The van der Waals surface area contributed by atoms with Crippen molar-refractivity contribution >= 4 is 5.57 Å². The summed E-state index contributed by atoms with van der Waals surface area (Å²) in [6.45, 7) is 12.6. The van der Waals surface area contributed by atoms with E-state index in [9.17, 15) is 5.11 Å². The molecule has 0 aliphatic rings. The van der Waals surface area contributed by atoms with Gasteiger partial charge in [-0.15, -0.1) is 0 Å². The maximum Gasteiger partial charge on any atom is 0.0934 e.